The van der Waals surface area contributed by atoms with Gasteiger partial charge >= 0.3 is 0 Å². The van der Waals surface area contributed by atoms with E-state index in [-0.39, 0.29) is 17.2 Å². The fourth-order valence-electron chi connectivity index (χ4n) is 5.38. The van der Waals surface area contributed by atoms with E-state index >= 15 is 0 Å². The standard InChI is InChI=1S/C27H33F2N5O3S/c1-14-9-19(32-20(16-3-4-16)17-5-6-17)30-11-18(14)22-21(25(36)34-13-27(28,29)10-15(34)2)33-24(38-22)23(35)31-12-26(37)7-8-26/h9,11,15-17,20,37H,3-8,10,12-13H2,1-2H3,(H,30,32)(H,31,35)/t15-/m0/s1. The van der Waals surface area contributed by atoms with Gasteiger partial charge in [0.15, 0.2) is 5.01 Å². The second-order valence-corrected chi connectivity index (χ2v) is 12.7. The van der Waals surface area contributed by atoms with Crippen LogP contribution >= 0.6 is 11.3 Å². The van der Waals surface area contributed by atoms with Crippen LogP contribution in [-0.2, 0) is 0 Å². The zero-order chi connectivity index (χ0) is 26.8. The number of nitrogens with one attached hydrogen (secondary N) is 2. The summed E-state index contributed by atoms with van der Waals surface area (Å²) in [7, 11) is 0. The van der Waals surface area contributed by atoms with Gasteiger partial charge in [0, 0.05) is 36.8 Å². The molecule has 3 N–H and O–H groups in total. The average Bonchev–Trinajstić information content (AvgIpc) is 3.77. The maximum Gasteiger partial charge on any atom is 0.280 e. The van der Waals surface area contributed by atoms with E-state index in [2.05, 4.69) is 20.6 Å². The summed E-state index contributed by atoms with van der Waals surface area (Å²) in [6, 6.07) is 1.72. The quantitative estimate of drug-likeness (QED) is 0.435. The Labute approximate surface area is 224 Å². The molecule has 2 aromatic heterocycles. The van der Waals surface area contributed by atoms with Crippen molar-refractivity contribution in [2.75, 3.05) is 18.4 Å². The molecule has 0 unspecified atom stereocenters. The Bertz CT molecular complexity index is 1260. The van der Waals surface area contributed by atoms with Crippen LogP contribution in [0.5, 0.6) is 0 Å². The molecular weight excluding hydrogens is 512 g/mol. The lowest BCUT2D eigenvalue weighted by molar-refractivity contribution is 0.0118. The number of pyridine rings is 1. The molecule has 3 aliphatic carbocycles. The van der Waals surface area contributed by atoms with Crippen LogP contribution < -0.4 is 10.6 Å². The van der Waals surface area contributed by atoms with Crippen LogP contribution in [0.25, 0.3) is 10.4 Å². The number of thiazole rings is 1. The highest BCUT2D eigenvalue weighted by molar-refractivity contribution is 7.17. The normalized spacial score (nSPS) is 23.5. The summed E-state index contributed by atoms with van der Waals surface area (Å²) < 4.78 is 28.2. The molecule has 6 rings (SSSR count). The van der Waals surface area contributed by atoms with Crippen molar-refractivity contribution in [3.05, 3.63) is 28.5 Å². The lowest BCUT2D eigenvalue weighted by Crippen LogP contribution is -2.36. The van der Waals surface area contributed by atoms with E-state index in [0.29, 0.717) is 41.2 Å². The number of alkyl halides is 2. The summed E-state index contributed by atoms with van der Waals surface area (Å²) in [6.45, 7) is 2.93. The van der Waals surface area contributed by atoms with Crippen LogP contribution in [-0.4, -0.2) is 68.5 Å². The van der Waals surface area contributed by atoms with Crippen molar-refractivity contribution in [2.24, 2.45) is 11.8 Å². The molecule has 2 amide bonds. The molecule has 11 heteroatoms. The minimum absolute atomic E-state index is 0.0192. The third-order valence-corrected chi connectivity index (χ3v) is 9.23. The molecule has 1 saturated heterocycles. The molecule has 3 heterocycles. The molecule has 0 bridgehead atoms. The van der Waals surface area contributed by atoms with Crippen molar-refractivity contribution >= 4 is 29.0 Å². The Morgan fingerprint density at radius 2 is 1.92 bits per heavy atom. The first kappa shape index (κ1) is 25.6. The number of hydrogen-bond acceptors (Lipinski definition) is 7. The number of amides is 2. The molecule has 8 nitrogen and oxygen atoms in total. The van der Waals surface area contributed by atoms with Crippen LogP contribution in [0, 0.1) is 18.8 Å². The molecule has 1 atom stereocenters. The van der Waals surface area contributed by atoms with Gasteiger partial charge < -0.3 is 20.6 Å². The monoisotopic (exact) mass is 545 g/mol. The van der Waals surface area contributed by atoms with E-state index in [0.717, 1.165) is 27.6 Å². The smallest absolute Gasteiger partial charge is 0.280 e. The lowest BCUT2D eigenvalue weighted by atomic mass is 10.1. The Hall–Kier alpha value is -2.66. The fraction of sp³-hybridized carbons (Fsp3) is 0.630. The van der Waals surface area contributed by atoms with Crippen molar-refractivity contribution in [2.45, 2.75) is 82.4 Å². The molecule has 4 aliphatic rings. The molecule has 0 radical (unpaired) electrons. The zero-order valence-electron chi connectivity index (χ0n) is 21.6. The van der Waals surface area contributed by atoms with Crippen molar-refractivity contribution in [3.8, 4) is 10.4 Å². The van der Waals surface area contributed by atoms with Crippen molar-refractivity contribution < 1.29 is 23.5 Å². The molecule has 1 aliphatic heterocycles. The molecule has 38 heavy (non-hydrogen) atoms. The van der Waals surface area contributed by atoms with Gasteiger partial charge in [0.2, 0.25) is 0 Å². The van der Waals surface area contributed by atoms with Crippen LogP contribution in [0.1, 0.15) is 77.7 Å². The highest BCUT2D eigenvalue weighted by atomic mass is 32.1. The van der Waals surface area contributed by atoms with E-state index in [1.54, 1.807) is 13.1 Å². The Kier molecular flexibility index (Phi) is 6.21. The Balaban J connectivity index is 1.30. The summed E-state index contributed by atoms with van der Waals surface area (Å²) in [4.78, 5) is 37.0. The van der Waals surface area contributed by atoms with Gasteiger partial charge in [-0.2, -0.15) is 0 Å². The van der Waals surface area contributed by atoms with Gasteiger partial charge in [-0.1, -0.05) is 0 Å². The maximum atomic E-state index is 14.1. The zero-order valence-corrected chi connectivity index (χ0v) is 22.4. The molecule has 3 saturated carbocycles. The number of hydrogen-bond donors (Lipinski definition) is 3. The predicted molar refractivity (Wildman–Crippen MR) is 140 cm³/mol. The molecular formula is C27H33F2N5O3S. The first-order valence-electron chi connectivity index (χ1n) is 13.5. The third-order valence-electron chi connectivity index (χ3n) is 8.15. The van der Waals surface area contributed by atoms with Gasteiger partial charge in [0.25, 0.3) is 17.7 Å². The third kappa shape index (κ3) is 5.27. The van der Waals surface area contributed by atoms with Crippen LogP contribution in [0.2, 0.25) is 0 Å². The summed E-state index contributed by atoms with van der Waals surface area (Å²) >= 11 is 1.04. The molecule has 204 valence electrons. The summed E-state index contributed by atoms with van der Waals surface area (Å²) in [5, 5.41) is 16.4. The summed E-state index contributed by atoms with van der Waals surface area (Å²) in [6.07, 6.45) is 7.48. The minimum Gasteiger partial charge on any atom is -0.388 e. The van der Waals surface area contributed by atoms with E-state index in [1.165, 1.54) is 25.7 Å². The molecule has 4 fully saturated rings. The van der Waals surface area contributed by atoms with Crippen LogP contribution in [0.4, 0.5) is 14.6 Å². The largest absolute Gasteiger partial charge is 0.388 e. The van der Waals surface area contributed by atoms with E-state index in [4.69, 9.17) is 0 Å². The van der Waals surface area contributed by atoms with Gasteiger partial charge in [-0.25, -0.2) is 18.7 Å². The number of carbonyl (C=O) groups is 2. The van der Waals surface area contributed by atoms with Gasteiger partial charge in [-0.05, 0) is 75.8 Å². The van der Waals surface area contributed by atoms with Gasteiger partial charge in [-0.3, -0.25) is 9.59 Å². The minimum atomic E-state index is -2.96. The molecule has 2 aromatic rings. The summed E-state index contributed by atoms with van der Waals surface area (Å²) in [5.41, 5.74) is 0.593. The first-order chi connectivity index (χ1) is 18.0. The van der Waals surface area contributed by atoms with Crippen molar-refractivity contribution in [1.82, 2.24) is 20.2 Å². The second kappa shape index (κ2) is 9.22. The average molecular weight is 546 g/mol. The topological polar surface area (TPSA) is 107 Å². The molecule has 0 spiro atoms. The van der Waals surface area contributed by atoms with E-state index < -0.39 is 42.3 Å². The molecule has 0 aromatic carbocycles. The first-order valence-corrected chi connectivity index (χ1v) is 14.3. The highest BCUT2D eigenvalue weighted by Gasteiger charge is 2.46. The second-order valence-electron chi connectivity index (χ2n) is 11.7. The van der Waals surface area contributed by atoms with E-state index in [9.17, 15) is 23.5 Å². The number of anilines is 1. The lowest BCUT2D eigenvalue weighted by Gasteiger charge is -2.21. The Morgan fingerprint density at radius 3 is 2.47 bits per heavy atom. The van der Waals surface area contributed by atoms with Gasteiger partial charge in [0.1, 0.15) is 11.5 Å². The SMILES string of the molecule is Cc1cc(NC(C2CC2)C2CC2)ncc1-c1sc(C(=O)NCC2(O)CC2)nc1C(=O)N1CC(F)(F)C[C@@H]1C. The van der Waals surface area contributed by atoms with Crippen LogP contribution in [0.3, 0.4) is 0 Å². The maximum absolute atomic E-state index is 14.1. The number of nitrogens with zero attached hydrogens (tertiary/aromatic N) is 3. The number of likely N-dealkylation sites (tertiary alicyclic amines) is 1. The van der Waals surface area contributed by atoms with Crippen molar-refractivity contribution in [1.29, 1.82) is 0 Å². The van der Waals surface area contributed by atoms with Crippen molar-refractivity contribution in [3.63, 3.8) is 0 Å². The number of rotatable bonds is 9. The fourth-order valence-corrected chi connectivity index (χ4v) is 6.43. The number of halogens is 2. The number of carbonyl (C=O) groups excluding carboxylic acids is 2. The number of aryl methyl sites for hydroxylation is 1. The predicted octanol–water partition coefficient (Wildman–Crippen LogP) is 4.24. The van der Waals surface area contributed by atoms with Crippen LogP contribution in [0.15, 0.2) is 12.3 Å². The van der Waals surface area contributed by atoms with Gasteiger partial charge in [0.05, 0.1) is 17.0 Å². The number of aliphatic hydroxyl groups is 1. The van der Waals surface area contributed by atoms with Gasteiger partial charge in [-0.15, -0.1) is 11.3 Å². The number of aromatic nitrogens is 2. The Morgan fingerprint density at radius 1 is 1.24 bits per heavy atom. The summed E-state index contributed by atoms with van der Waals surface area (Å²) in [5.74, 6) is -1.91. The highest BCUT2D eigenvalue weighted by Crippen LogP contribution is 2.46. The van der Waals surface area contributed by atoms with E-state index in [1.807, 2.05) is 13.0 Å².